The molecule has 6 heteroatoms. The van der Waals surface area contributed by atoms with Crippen molar-refractivity contribution >= 4 is 11.5 Å². The predicted octanol–water partition coefficient (Wildman–Crippen LogP) is 4.87. The zero-order valence-electron chi connectivity index (χ0n) is 16.7. The lowest BCUT2D eigenvalue weighted by molar-refractivity contribution is 0.324. The SMILES string of the molecule is CCCc1ccc(-c2cncc(Nc3cc(OC)c(OC)c(OC)c3)n2)cc1. The molecule has 0 atom stereocenters. The zero-order valence-corrected chi connectivity index (χ0v) is 16.7. The van der Waals surface area contributed by atoms with Gasteiger partial charge in [-0.1, -0.05) is 37.6 Å². The summed E-state index contributed by atoms with van der Waals surface area (Å²) in [4.78, 5) is 9.00. The van der Waals surface area contributed by atoms with Gasteiger partial charge in [0.05, 0.1) is 39.4 Å². The third-order valence-electron chi connectivity index (χ3n) is 4.36. The monoisotopic (exact) mass is 379 g/mol. The average Bonchev–Trinajstić information content (AvgIpc) is 2.74. The molecule has 0 fully saturated rings. The second kappa shape index (κ2) is 9.08. The summed E-state index contributed by atoms with van der Waals surface area (Å²) in [7, 11) is 4.75. The molecule has 3 aromatic rings. The molecule has 146 valence electrons. The standard InChI is InChI=1S/C22H25N3O3/c1-5-6-15-7-9-16(10-8-15)18-13-23-14-21(25-18)24-17-11-19(26-2)22(28-4)20(12-17)27-3/h7-14H,5-6H2,1-4H3,(H,24,25). The second-order valence-electron chi connectivity index (χ2n) is 6.28. The van der Waals surface area contributed by atoms with Gasteiger partial charge in [0.2, 0.25) is 5.75 Å². The molecule has 0 saturated heterocycles. The maximum atomic E-state index is 5.40. The Labute approximate surface area is 165 Å². The Morgan fingerprint density at radius 3 is 2.14 bits per heavy atom. The Hall–Kier alpha value is -3.28. The lowest BCUT2D eigenvalue weighted by Gasteiger charge is -2.15. The van der Waals surface area contributed by atoms with Gasteiger partial charge in [-0.3, -0.25) is 4.98 Å². The van der Waals surface area contributed by atoms with Gasteiger partial charge in [-0.25, -0.2) is 4.98 Å². The summed E-state index contributed by atoms with van der Waals surface area (Å²) in [5.41, 5.74) is 3.92. The van der Waals surface area contributed by atoms with Crippen LogP contribution in [0.3, 0.4) is 0 Å². The van der Waals surface area contributed by atoms with Crippen molar-refractivity contribution in [2.75, 3.05) is 26.6 Å². The Morgan fingerprint density at radius 2 is 1.57 bits per heavy atom. The van der Waals surface area contributed by atoms with E-state index in [-0.39, 0.29) is 0 Å². The third-order valence-corrected chi connectivity index (χ3v) is 4.36. The first-order valence-corrected chi connectivity index (χ1v) is 9.16. The van der Waals surface area contributed by atoms with Crippen molar-refractivity contribution in [3.63, 3.8) is 0 Å². The fraction of sp³-hybridized carbons (Fsp3) is 0.273. The molecule has 1 N–H and O–H groups in total. The molecule has 0 radical (unpaired) electrons. The minimum Gasteiger partial charge on any atom is -0.493 e. The van der Waals surface area contributed by atoms with Crippen molar-refractivity contribution in [1.82, 2.24) is 9.97 Å². The fourth-order valence-corrected chi connectivity index (χ4v) is 3.00. The van der Waals surface area contributed by atoms with Crippen molar-refractivity contribution < 1.29 is 14.2 Å². The van der Waals surface area contributed by atoms with Crippen molar-refractivity contribution in [1.29, 1.82) is 0 Å². The van der Waals surface area contributed by atoms with E-state index in [1.807, 2.05) is 12.1 Å². The number of nitrogens with one attached hydrogen (secondary N) is 1. The van der Waals surface area contributed by atoms with Crippen LogP contribution in [-0.4, -0.2) is 31.3 Å². The first kappa shape index (κ1) is 19.5. The second-order valence-corrected chi connectivity index (χ2v) is 6.28. The Bertz CT molecular complexity index is 902. The van der Waals surface area contributed by atoms with E-state index in [0.29, 0.717) is 23.1 Å². The summed E-state index contributed by atoms with van der Waals surface area (Å²) in [6.07, 6.45) is 5.65. The van der Waals surface area contributed by atoms with E-state index in [2.05, 4.69) is 46.5 Å². The fourth-order valence-electron chi connectivity index (χ4n) is 3.00. The number of rotatable bonds is 8. The van der Waals surface area contributed by atoms with Crippen molar-refractivity contribution in [3.05, 3.63) is 54.4 Å². The molecule has 6 nitrogen and oxygen atoms in total. The molecule has 0 unspecified atom stereocenters. The third kappa shape index (κ3) is 4.34. The molecule has 1 heterocycles. The van der Waals surface area contributed by atoms with Crippen LogP contribution < -0.4 is 19.5 Å². The molecule has 0 bridgehead atoms. The Morgan fingerprint density at radius 1 is 0.893 bits per heavy atom. The molecular formula is C22H25N3O3. The number of aryl methyl sites for hydroxylation is 1. The summed E-state index contributed by atoms with van der Waals surface area (Å²) in [5, 5.41) is 3.26. The molecule has 0 aliphatic heterocycles. The van der Waals surface area contributed by atoms with Crippen molar-refractivity contribution in [2.24, 2.45) is 0 Å². The number of nitrogens with zero attached hydrogens (tertiary/aromatic N) is 2. The molecule has 0 aliphatic rings. The number of aromatic nitrogens is 2. The normalized spacial score (nSPS) is 10.4. The molecule has 0 saturated carbocycles. The summed E-state index contributed by atoms with van der Waals surface area (Å²) in [6.45, 7) is 2.18. The smallest absolute Gasteiger partial charge is 0.203 e. The Kier molecular flexibility index (Phi) is 6.32. The minimum atomic E-state index is 0.544. The van der Waals surface area contributed by atoms with E-state index in [9.17, 15) is 0 Å². The molecule has 28 heavy (non-hydrogen) atoms. The highest BCUT2D eigenvalue weighted by Crippen LogP contribution is 2.40. The van der Waals surface area contributed by atoms with Gasteiger partial charge in [0, 0.05) is 23.4 Å². The quantitative estimate of drug-likeness (QED) is 0.603. The highest BCUT2D eigenvalue weighted by Gasteiger charge is 2.13. The van der Waals surface area contributed by atoms with Gasteiger partial charge in [-0.2, -0.15) is 0 Å². The molecule has 0 spiro atoms. The number of hydrogen-bond donors (Lipinski definition) is 1. The number of ether oxygens (including phenoxy) is 3. The van der Waals surface area contributed by atoms with E-state index in [1.165, 1.54) is 5.56 Å². The first-order valence-electron chi connectivity index (χ1n) is 9.16. The Balaban J connectivity index is 1.87. The van der Waals surface area contributed by atoms with Crippen LogP contribution >= 0.6 is 0 Å². The van der Waals surface area contributed by atoms with Crippen LogP contribution in [0.4, 0.5) is 11.5 Å². The molecule has 0 amide bonds. The van der Waals surface area contributed by atoms with Crippen LogP contribution in [0.5, 0.6) is 17.2 Å². The lowest BCUT2D eigenvalue weighted by Crippen LogP contribution is -2.00. The summed E-state index contributed by atoms with van der Waals surface area (Å²) in [6, 6.07) is 12.1. The molecule has 2 aromatic carbocycles. The minimum absolute atomic E-state index is 0.544. The number of methoxy groups -OCH3 is 3. The van der Waals surface area contributed by atoms with Crippen LogP contribution in [0, 0.1) is 0 Å². The number of hydrogen-bond acceptors (Lipinski definition) is 6. The number of anilines is 2. The van der Waals surface area contributed by atoms with E-state index in [4.69, 9.17) is 14.2 Å². The van der Waals surface area contributed by atoms with Gasteiger partial charge in [0.15, 0.2) is 11.5 Å². The van der Waals surface area contributed by atoms with E-state index >= 15 is 0 Å². The van der Waals surface area contributed by atoms with Gasteiger partial charge in [0.1, 0.15) is 5.82 Å². The molecule has 3 rings (SSSR count). The lowest BCUT2D eigenvalue weighted by atomic mass is 10.1. The van der Waals surface area contributed by atoms with Gasteiger partial charge < -0.3 is 19.5 Å². The first-order chi connectivity index (χ1) is 13.7. The zero-order chi connectivity index (χ0) is 19.9. The van der Waals surface area contributed by atoms with Crippen LogP contribution in [-0.2, 0) is 6.42 Å². The predicted molar refractivity (Wildman–Crippen MR) is 111 cm³/mol. The largest absolute Gasteiger partial charge is 0.493 e. The van der Waals surface area contributed by atoms with Gasteiger partial charge >= 0.3 is 0 Å². The van der Waals surface area contributed by atoms with E-state index in [0.717, 1.165) is 29.8 Å². The van der Waals surface area contributed by atoms with Crippen molar-refractivity contribution in [2.45, 2.75) is 19.8 Å². The van der Waals surface area contributed by atoms with Crippen LogP contribution in [0.15, 0.2) is 48.8 Å². The van der Waals surface area contributed by atoms with Gasteiger partial charge in [0.25, 0.3) is 0 Å². The maximum absolute atomic E-state index is 5.40. The van der Waals surface area contributed by atoms with E-state index in [1.54, 1.807) is 33.7 Å². The molecular weight excluding hydrogens is 354 g/mol. The summed E-state index contributed by atoms with van der Waals surface area (Å²) in [5.74, 6) is 2.31. The number of benzene rings is 2. The summed E-state index contributed by atoms with van der Waals surface area (Å²) < 4.78 is 16.2. The van der Waals surface area contributed by atoms with Crippen LogP contribution in [0.2, 0.25) is 0 Å². The van der Waals surface area contributed by atoms with Gasteiger partial charge in [-0.05, 0) is 12.0 Å². The maximum Gasteiger partial charge on any atom is 0.203 e. The van der Waals surface area contributed by atoms with Crippen molar-refractivity contribution in [3.8, 4) is 28.5 Å². The molecule has 0 aliphatic carbocycles. The van der Waals surface area contributed by atoms with Gasteiger partial charge in [-0.15, -0.1) is 0 Å². The summed E-state index contributed by atoms with van der Waals surface area (Å²) >= 11 is 0. The van der Waals surface area contributed by atoms with Crippen LogP contribution in [0.1, 0.15) is 18.9 Å². The highest BCUT2D eigenvalue weighted by molar-refractivity contribution is 5.68. The highest BCUT2D eigenvalue weighted by atomic mass is 16.5. The van der Waals surface area contributed by atoms with Crippen LogP contribution in [0.25, 0.3) is 11.3 Å². The van der Waals surface area contributed by atoms with E-state index < -0.39 is 0 Å². The average molecular weight is 379 g/mol. The topological polar surface area (TPSA) is 65.5 Å². The molecule has 1 aromatic heterocycles.